The van der Waals surface area contributed by atoms with Crippen molar-refractivity contribution < 1.29 is 23.5 Å². The van der Waals surface area contributed by atoms with Crippen molar-refractivity contribution in [3.05, 3.63) is 88.3 Å². The molecule has 2 heterocycles. The number of carbonyl (C=O) groups is 3. The Morgan fingerprint density at radius 1 is 1.12 bits per heavy atom. The molecule has 0 aliphatic rings. The lowest BCUT2D eigenvalue weighted by atomic mass is 9.99. The summed E-state index contributed by atoms with van der Waals surface area (Å²) in [7, 11) is 0. The highest BCUT2D eigenvalue weighted by Crippen LogP contribution is 2.23. The van der Waals surface area contributed by atoms with Gasteiger partial charge >= 0.3 is 5.97 Å². The molecular formula is C26H28FN3O4. The lowest BCUT2D eigenvalue weighted by molar-refractivity contribution is 0.0518. The summed E-state index contributed by atoms with van der Waals surface area (Å²) >= 11 is 0. The third-order valence-electron chi connectivity index (χ3n) is 5.70. The number of ether oxygens (including phenoxy) is 1. The molecule has 8 heteroatoms. The maximum absolute atomic E-state index is 13.6. The van der Waals surface area contributed by atoms with E-state index in [1.165, 1.54) is 29.2 Å². The molecule has 0 spiro atoms. The summed E-state index contributed by atoms with van der Waals surface area (Å²) in [6, 6.07) is 9.87. The van der Waals surface area contributed by atoms with Crippen LogP contribution in [0, 0.1) is 19.7 Å². The van der Waals surface area contributed by atoms with Gasteiger partial charge in [0.05, 0.1) is 12.6 Å². The van der Waals surface area contributed by atoms with E-state index in [9.17, 15) is 18.8 Å². The Kier molecular flexibility index (Phi) is 7.94. The molecule has 1 atom stereocenters. The van der Waals surface area contributed by atoms with Gasteiger partial charge in [-0.15, -0.1) is 0 Å². The molecule has 0 bridgehead atoms. The normalized spacial score (nSPS) is 11.7. The topological polar surface area (TPSA) is 92.4 Å². The van der Waals surface area contributed by atoms with Crippen molar-refractivity contribution >= 4 is 17.7 Å². The monoisotopic (exact) mass is 465 g/mol. The zero-order valence-corrected chi connectivity index (χ0v) is 19.7. The van der Waals surface area contributed by atoms with Crippen LogP contribution < -0.4 is 0 Å². The van der Waals surface area contributed by atoms with Gasteiger partial charge in [0.15, 0.2) is 5.78 Å². The van der Waals surface area contributed by atoms with Crippen LogP contribution >= 0.6 is 0 Å². The van der Waals surface area contributed by atoms with Crippen LogP contribution in [0.3, 0.4) is 0 Å². The minimum absolute atomic E-state index is 0.212. The predicted octanol–water partition coefficient (Wildman–Crippen LogP) is 4.30. The minimum Gasteiger partial charge on any atom is -0.461 e. The number of carbonyl (C=O) groups excluding carboxylic acids is 3. The Bertz CT molecular complexity index is 1170. The fourth-order valence-corrected chi connectivity index (χ4v) is 3.89. The van der Waals surface area contributed by atoms with Crippen LogP contribution in [0.4, 0.5) is 4.39 Å². The zero-order chi connectivity index (χ0) is 24.8. The number of hydrogen-bond acceptors (Lipinski definition) is 5. The minimum atomic E-state index is -0.843. The quantitative estimate of drug-likeness (QED) is 0.376. The summed E-state index contributed by atoms with van der Waals surface area (Å²) in [5, 5.41) is 0. The van der Waals surface area contributed by atoms with Crippen LogP contribution in [0.15, 0.2) is 48.7 Å². The van der Waals surface area contributed by atoms with Gasteiger partial charge in [0, 0.05) is 41.7 Å². The fraction of sp³-hybridized carbons (Fsp3) is 0.308. The SMILES string of the molecule is CCOC(=O)c1[nH]c(C)c(C(=O)[C@H](C)N(CCc2ccccn2)C(=O)c2ccc(F)cc2)c1C. The number of aryl methyl sites for hydroxylation is 1. The number of aromatic amines is 1. The first-order valence-electron chi connectivity index (χ1n) is 11.1. The summed E-state index contributed by atoms with van der Waals surface area (Å²) in [5.74, 6) is -1.69. The smallest absolute Gasteiger partial charge is 0.355 e. The second-order valence-electron chi connectivity index (χ2n) is 7.96. The number of Topliss-reactive ketones (excluding diaryl/α,β-unsaturated/α-hetero) is 1. The molecule has 3 rings (SSSR count). The van der Waals surface area contributed by atoms with Crippen molar-refractivity contribution in [1.29, 1.82) is 0 Å². The zero-order valence-electron chi connectivity index (χ0n) is 19.7. The molecule has 0 unspecified atom stereocenters. The number of esters is 1. The van der Waals surface area contributed by atoms with E-state index < -0.39 is 23.7 Å². The number of halogens is 1. The molecule has 0 aliphatic heterocycles. The fourth-order valence-electron chi connectivity index (χ4n) is 3.89. The number of H-pyrrole nitrogens is 1. The van der Waals surface area contributed by atoms with Crippen molar-refractivity contribution in [3.8, 4) is 0 Å². The predicted molar refractivity (Wildman–Crippen MR) is 125 cm³/mol. The van der Waals surface area contributed by atoms with E-state index in [-0.39, 0.29) is 30.2 Å². The molecule has 0 aliphatic carbocycles. The average molecular weight is 466 g/mol. The Balaban J connectivity index is 1.93. The summed E-state index contributed by atoms with van der Waals surface area (Å²) < 4.78 is 18.5. The third kappa shape index (κ3) is 5.39. The first kappa shape index (κ1) is 24.8. The Morgan fingerprint density at radius 3 is 2.44 bits per heavy atom. The van der Waals surface area contributed by atoms with E-state index in [0.29, 0.717) is 23.2 Å². The van der Waals surface area contributed by atoms with Crippen molar-refractivity contribution in [3.63, 3.8) is 0 Å². The number of nitrogens with one attached hydrogen (secondary N) is 1. The molecule has 1 N–H and O–H groups in total. The van der Waals surface area contributed by atoms with Crippen LogP contribution in [0.5, 0.6) is 0 Å². The largest absolute Gasteiger partial charge is 0.461 e. The number of ketones is 1. The number of benzene rings is 1. The number of pyridine rings is 1. The second kappa shape index (κ2) is 10.9. The number of amides is 1. The van der Waals surface area contributed by atoms with Gasteiger partial charge in [-0.05, 0) is 69.7 Å². The van der Waals surface area contributed by atoms with Crippen molar-refractivity contribution in [2.75, 3.05) is 13.2 Å². The van der Waals surface area contributed by atoms with Crippen molar-refractivity contribution in [2.24, 2.45) is 0 Å². The van der Waals surface area contributed by atoms with Gasteiger partial charge in [-0.25, -0.2) is 9.18 Å². The highest BCUT2D eigenvalue weighted by molar-refractivity contribution is 6.07. The van der Waals surface area contributed by atoms with Crippen LogP contribution in [0.1, 0.15) is 62.0 Å². The lowest BCUT2D eigenvalue weighted by Gasteiger charge is -2.29. The summed E-state index contributed by atoms with van der Waals surface area (Å²) in [5.41, 5.74) is 2.63. The average Bonchev–Trinajstić information content (AvgIpc) is 3.13. The van der Waals surface area contributed by atoms with Gasteiger partial charge < -0.3 is 14.6 Å². The third-order valence-corrected chi connectivity index (χ3v) is 5.70. The first-order valence-corrected chi connectivity index (χ1v) is 11.1. The molecule has 0 saturated carbocycles. The molecule has 7 nitrogen and oxygen atoms in total. The molecule has 178 valence electrons. The van der Waals surface area contributed by atoms with E-state index in [2.05, 4.69) is 9.97 Å². The maximum Gasteiger partial charge on any atom is 0.355 e. The van der Waals surface area contributed by atoms with Gasteiger partial charge in [-0.3, -0.25) is 14.6 Å². The van der Waals surface area contributed by atoms with Crippen LogP contribution in [-0.4, -0.2) is 51.7 Å². The molecule has 0 fully saturated rings. The maximum atomic E-state index is 13.6. The summed E-state index contributed by atoms with van der Waals surface area (Å²) in [4.78, 5) is 47.9. The van der Waals surface area contributed by atoms with Gasteiger partial charge in [0.25, 0.3) is 5.91 Å². The van der Waals surface area contributed by atoms with Crippen LogP contribution in [0.25, 0.3) is 0 Å². The Morgan fingerprint density at radius 2 is 1.82 bits per heavy atom. The number of hydrogen-bond donors (Lipinski definition) is 1. The standard InChI is InChI=1S/C26H28FN3O4/c1-5-34-26(33)23-16(2)22(17(3)29-23)24(31)18(4)30(15-13-21-8-6-7-14-28-21)25(32)19-9-11-20(27)12-10-19/h6-12,14,18,29H,5,13,15H2,1-4H3/t18-/m0/s1. The van der Waals surface area contributed by atoms with Gasteiger partial charge in [0.1, 0.15) is 11.5 Å². The molecule has 1 aromatic carbocycles. The Hall–Kier alpha value is -3.81. The summed E-state index contributed by atoms with van der Waals surface area (Å²) in [6.07, 6.45) is 2.10. The number of nitrogens with zero attached hydrogens (tertiary/aromatic N) is 2. The summed E-state index contributed by atoms with van der Waals surface area (Å²) in [6.45, 7) is 7.18. The van der Waals surface area contributed by atoms with Crippen molar-refractivity contribution in [2.45, 2.75) is 40.2 Å². The van der Waals surface area contributed by atoms with E-state index in [4.69, 9.17) is 4.74 Å². The van der Waals surface area contributed by atoms with E-state index in [1.54, 1.807) is 40.0 Å². The van der Waals surface area contributed by atoms with E-state index in [1.807, 2.05) is 12.1 Å². The molecule has 2 aromatic heterocycles. The second-order valence-corrected chi connectivity index (χ2v) is 7.96. The van der Waals surface area contributed by atoms with Crippen molar-refractivity contribution in [1.82, 2.24) is 14.9 Å². The number of aromatic nitrogens is 2. The van der Waals surface area contributed by atoms with E-state index in [0.717, 1.165) is 5.69 Å². The first-order chi connectivity index (χ1) is 16.2. The van der Waals surface area contributed by atoms with Crippen LogP contribution in [-0.2, 0) is 11.2 Å². The molecule has 34 heavy (non-hydrogen) atoms. The number of rotatable bonds is 9. The van der Waals surface area contributed by atoms with E-state index >= 15 is 0 Å². The highest BCUT2D eigenvalue weighted by Gasteiger charge is 2.31. The molecule has 3 aromatic rings. The molecule has 1 amide bonds. The molecular weight excluding hydrogens is 437 g/mol. The van der Waals surface area contributed by atoms with Gasteiger partial charge in [0.2, 0.25) is 0 Å². The highest BCUT2D eigenvalue weighted by atomic mass is 19.1. The molecule has 0 radical (unpaired) electrons. The van der Waals surface area contributed by atoms with Gasteiger partial charge in [-0.1, -0.05) is 6.07 Å². The lowest BCUT2D eigenvalue weighted by Crippen LogP contribution is -2.44. The Labute approximate surface area is 198 Å². The van der Waals surface area contributed by atoms with Crippen LogP contribution in [0.2, 0.25) is 0 Å². The molecule has 0 saturated heterocycles. The van der Waals surface area contributed by atoms with Gasteiger partial charge in [-0.2, -0.15) is 0 Å².